The SMILES string of the molecule is CC(C(=O)N1CCN(CCO)CC1)c1cccc(N)c1. The average Bonchev–Trinajstić information content (AvgIpc) is 2.47. The molecule has 1 atom stereocenters. The van der Waals surface area contributed by atoms with E-state index >= 15 is 0 Å². The fourth-order valence-electron chi connectivity index (χ4n) is 2.58. The number of rotatable bonds is 4. The minimum atomic E-state index is -0.164. The number of β-amino-alcohol motifs (C(OH)–C–C–N with tert-alkyl or cyclic N) is 1. The van der Waals surface area contributed by atoms with E-state index in [1.165, 1.54) is 0 Å². The standard InChI is InChI=1S/C15H23N3O2/c1-12(13-3-2-4-14(16)11-13)15(20)18-7-5-17(6-8-18)9-10-19/h2-4,11-12,19H,5-10,16H2,1H3. The molecule has 1 heterocycles. The van der Waals surface area contributed by atoms with E-state index in [4.69, 9.17) is 10.8 Å². The van der Waals surface area contributed by atoms with Crippen molar-refractivity contribution in [2.24, 2.45) is 0 Å². The predicted molar refractivity (Wildman–Crippen MR) is 79.4 cm³/mol. The summed E-state index contributed by atoms with van der Waals surface area (Å²) in [6.07, 6.45) is 0. The lowest BCUT2D eigenvalue weighted by Gasteiger charge is -2.35. The Morgan fingerprint density at radius 2 is 2.05 bits per heavy atom. The van der Waals surface area contributed by atoms with Gasteiger partial charge in [-0.1, -0.05) is 12.1 Å². The van der Waals surface area contributed by atoms with E-state index in [-0.39, 0.29) is 18.4 Å². The van der Waals surface area contributed by atoms with E-state index in [0.717, 1.165) is 31.7 Å². The second-order valence-corrected chi connectivity index (χ2v) is 5.28. The van der Waals surface area contributed by atoms with Crippen LogP contribution in [0.1, 0.15) is 18.4 Å². The Kier molecular flexibility index (Phi) is 4.98. The van der Waals surface area contributed by atoms with Crippen LogP contribution in [0.15, 0.2) is 24.3 Å². The van der Waals surface area contributed by atoms with Crippen LogP contribution in [0, 0.1) is 0 Å². The van der Waals surface area contributed by atoms with Gasteiger partial charge in [0.15, 0.2) is 0 Å². The van der Waals surface area contributed by atoms with Crippen molar-refractivity contribution in [3.63, 3.8) is 0 Å². The quantitative estimate of drug-likeness (QED) is 0.787. The Labute approximate surface area is 120 Å². The molecule has 110 valence electrons. The molecule has 20 heavy (non-hydrogen) atoms. The highest BCUT2D eigenvalue weighted by Crippen LogP contribution is 2.20. The average molecular weight is 277 g/mol. The first-order valence-corrected chi connectivity index (χ1v) is 7.09. The van der Waals surface area contributed by atoms with Crippen LogP contribution in [0.5, 0.6) is 0 Å². The van der Waals surface area contributed by atoms with Gasteiger partial charge in [-0.25, -0.2) is 0 Å². The normalized spacial score (nSPS) is 18.0. The molecule has 1 saturated heterocycles. The van der Waals surface area contributed by atoms with E-state index in [1.54, 1.807) is 0 Å². The van der Waals surface area contributed by atoms with Crippen LogP contribution in [0.25, 0.3) is 0 Å². The van der Waals surface area contributed by atoms with Gasteiger partial charge in [-0.2, -0.15) is 0 Å². The maximum atomic E-state index is 12.5. The number of hydrogen-bond acceptors (Lipinski definition) is 4. The second-order valence-electron chi connectivity index (χ2n) is 5.28. The number of aliphatic hydroxyl groups is 1. The van der Waals surface area contributed by atoms with Gasteiger partial charge in [0.05, 0.1) is 12.5 Å². The minimum absolute atomic E-state index is 0.152. The number of nitrogens with two attached hydrogens (primary N) is 1. The van der Waals surface area contributed by atoms with Crippen molar-refractivity contribution in [1.29, 1.82) is 0 Å². The topological polar surface area (TPSA) is 69.8 Å². The first-order valence-electron chi connectivity index (χ1n) is 7.09. The summed E-state index contributed by atoms with van der Waals surface area (Å²) in [5, 5.41) is 8.92. The maximum Gasteiger partial charge on any atom is 0.229 e. The fraction of sp³-hybridized carbons (Fsp3) is 0.533. The molecule has 0 aliphatic carbocycles. The van der Waals surface area contributed by atoms with Crippen molar-refractivity contribution in [1.82, 2.24) is 9.80 Å². The summed E-state index contributed by atoms with van der Waals surface area (Å²) in [7, 11) is 0. The highest BCUT2D eigenvalue weighted by atomic mass is 16.3. The maximum absolute atomic E-state index is 12.5. The number of benzene rings is 1. The van der Waals surface area contributed by atoms with Gasteiger partial charge in [-0.3, -0.25) is 9.69 Å². The van der Waals surface area contributed by atoms with E-state index < -0.39 is 0 Å². The highest BCUT2D eigenvalue weighted by Gasteiger charge is 2.25. The Morgan fingerprint density at radius 1 is 1.35 bits per heavy atom. The third-order valence-electron chi connectivity index (χ3n) is 3.88. The Bertz CT molecular complexity index is 456. The molecule has 0 saturated carbocycles. The molecule has 1 aliphatic heterocycles. The molecule has 1 aromatic carbocycles. The van der Waals surface area contributed by atoms with Crippen LogP contribution < -0.4 is 5.73 Å². The molecule has 0 radical (unpaired) electrons. The summed E-state index contributed by atoms with van der Waals surface area (Å²) in [6.45, 7) is 5.90. The van der Waals surface area contributed by atoms with Gasteiger partial charge in [0, 0.05) is 38.4 Å². The van der Waals surface area contributed by atoms with Crippen LogP contribution in [-0.2, 0) is 4.79 Å². The molecule has 5 nitrogen and oxygen atoms in total. The first-order chi connectivity index (χ1) is 9.61. The zero-order valence-electron chi connectivity index (χ0n) is 12.0. The number of amides is 1. The van der Waals surface area contributed by atoms with E-state index in [9.17, 15) is 4.79 Å². The third-order valence-corrected chi connectivity index (χ3v) is 3.88. The number of anilines is 1. The lowest BCUT2D eigenvalue weighted by Crippen LogP contribution is -2.50. The summed E-state index contributed by atoms with van der Waals surface area (Å²) in [4.78, 5) is 16.6. The smallest absolute Gasteiger partial charge is 0.229 e. The summed E-state index contributed by atoms with van der Waals surface area (Å²) in [5.74, 6) is -0.0119. The van der Waals surface area contributed by atoms with Crippen molar-refractivity contribution in [2.45, 2.75) is 12.8 Å². The third kappa shape index (κ3) is 3.49. The zero-order valence-corrected chi connectivity index (χ0v) is 12.0. The number of nitrogens with zero attached hydrogens (tertiary/aromatic N) is 2. The van der Waals surface area contributed by atoms with Gasteiger partial charge in [-0.15, -0.1) is 0 Å². The van der Waals surface area contributed by atoms with Crippen molar-refractivity contribution in [3.8, 4) is 0 Å². The Morgan fingerprint density at radius 3 is 2.65 bits per heavy atom. The molecule has 1 amide bonds. The molecule has 0 spiro atoms. The van der Waals surface area contributed by atoms with E-state index in [0.29, 0.717) is 12.2 Å². The number of carbonyl (C=O) groups is 1. The van der Waals surface area contributed by atoms with Gasteiger partial charge < -0.3 is 15.7 Å². The van der Waals surface area contributed by atoms with Gasteiger partial charge in [-0.05, 0) is 24.6 Å². The van der Waals surface area contributed by atoms with Gasteiger partial charge in [0.1, 0.15) is 0 Å². The number of aliphatic hydroxyl groups excluding tert-OH is 1. The molecule has 2 rings (SSSR count). The number of carbonyl (C=O) groups excluding carboxylic acids is 1. The largest absolute Gasteiger partial charge is 0.399 e. The summed E-state index contributed by atoms with van der Waals surface area (Å²) < 4.78 is 0. The molecule has 0 aromatic heterocycles. The number of piperazine rings is 1. The predicted octanol–water partition coefficient (Wildman–Crippen LogP) is 0.509. The van der Waals surface area contributed by atoms with E-state index in [1.807, 2.05) is 36.1 Å². The van der Waals surface area contributed by atoms with Crippen LogP contribution in [0.4, 0.5) is 5.69 Å². The molecule has 0 bridgehead atoms. The summed E-state index contributed by atoms with van der Waals surface area (Å²) in [5.41, 5.74) is 7.43. The van der Waals surface area contributed by atoms with Gasteiger partial charge in [0.25, 0.3) is 0 Å². The lowest BCUT2D eigenvalue weighted by molar-refractivity contribution is -0.134. The van der Waals surface area contributed by atoms with Crippen LogP contribution >= 0.6 is 0 Å². The molecule has 1 unspecified atom stereocenters. The van der Waals surface area contributed by atoms with Crippen LogP contribution in [0.3, 0.4) is 0 Å². The fourth-order valence-corrected chi connectivity index (χ4v) is 2.58. The molecule has 1 aromatic rings. The van der Waals surface area contributed by atoms with E-state index in [2.05, 4.69) is 4.90 Å². The Balaban J connectivity index is 1.95. The molecule has 5 heteroatoms. The summed E-state index contributed by atoms with van der Waals surface area (Å²) >= 11 is 0. The molecular weight excluding hydrogens is 254 g/mol. The lowest BCUT2D eigenvalue weighted by atomic mass is 9.99. The Hall–Kier alpha value is -1.59. The molecule has 1 aliphatic rings. The molecule has 1 fully saturated rings. The molecular formula is C15H23N3O2. The molecule has 3 N–H and O–H groups in total. The number of nitrogen functional groups attached to an aromatic ring is 1. The zero-order chi connectivity index (χ0) is 14.5. The van der Waals surface area contributed by atoms with Crippen molar-refractivity contribution in [2.75, 3.05) is 45.1 Å². The van der Waals surface area contributed by atoms with Crippen LogP contribution in [0.2, 0.25) is 0 Å². The first kappa shape index (κ1) is 14.8. The van der Waals surface area contributed by atoms with Gasteiger partial charge in [0.2, 0.25) is 5.91 Å². The number of hydrogen-bond donors (Lipinski definition) is 2. The monoisotopic (exact) mass is 277 g/mol. The highest BCUT2D eigenvalue weighted by molar-refractivity contribution is 5.83. The van der Waals surface area contributed by atoms with Crippen LogP contribution in [-0.4, -0.2) is 60.1 Å². The van der Waals surface area contributed by atoms with Crippen molar-refractivity contribution in [3.05, 3.63) is 29.8 Å². The summed E-state index contributed by atoms with van der Waals surface area (Å²) in [6, 6.07) is 7.52. The van der Waals surface area contributed by atoms with Crippen molar-refractivity contribution < 1.29 is 9.90 Å². The second kappa shape index (κ2) is 6.72. The van der Waals surface area contributed by atoms with Crippen molar-refractivity contribution >= 4 is 11.6 Å². The van der Waals surface area contributed by atoms with Gasteiger partial charge >= 0.3 is 0 Å². The minimum Gasteiger partial charge on any atom is -0.399 e.